The smallest absolute Gasteiger partial charge is 0.203 e. The Morgan fingerprint density at radius 1 is 1.25 bits per heavy atom. The van der Waals surface area contributed by atoms with Gasteiger partial charge in [-0.15, -0.1) is 0 Å². The molecule has 0 saturated heterocycles. The molecule has 0 radical (unpaired) electrons. The zero-order valence-electron chi connectivity index (χ0n) is 11.0. The molecule has 2 aromatic carbocycles. The Labute approximate surface area is 117 Å². The molecule has 0 aliphatic heterocycles. The SMILES string of the molecule is CCc1cc(C(=O)COc2cc#ccc2)c(O)cc1O. The van der Waals surface area contributed by atoms with Gasteiger partial charge in [-0.3, -0.25) is 4.79 Å². The summed E-state index contributed by atoms with van der Waals surface area (Å²) in [6.07, 6.45) is 0.566. The van der Waals surface area contributed by atoms with Crippen LogP contribution < -0.4 is 4.74 Å². The Kier molecular flexibility index (Phi) is 4.11. The van der Waals surface area contributed by atoms with Gasteiger partial charge in [-0.2, -0.15) is 0 Å². The van der Waals surface area contributed by atoms with Gasteiger partial charge in [-0.1, -0.05) is 19.1 Å². The van der Waals surface area contributed by atoms with Crippen molar-refractivity contribution in [1.82, 2.24) is 0 Å². The van der Waals surface area contributed by atoms with Crippen LogP contribution in [0.25, 0.3) is 0 Å². The van der Waals surface area contributed by atoms with Crippen LogP contribution in [0, 0.1) is 12.1 Å². The van der Waals surface area contributed by atoms with Crippen molar-refractivity contribution in [3.05, 3.63) is 53.6 Å². The van der Waals surface area contributed by atoms with Gasteiger partial charge < -0.3 is 14.9 Å². The summed E-state index contributed by atoms with van der Waals surface area (Å²) in [6.45, 7) is 1.66. The van der Waals surface area contributed by atoms with Gasteiger partial charge in [0.1, 0.15) is 17.2 Å². The lowest BCUT2D eigenvalue weighted by Crippen LogP contribution is -2.12. The number of carbonyl (C=O) groups is 1. The summed E-state index contributed by atoms with van der Waals surface area (Å²) in [6, 6.07) is 13.0. The summed E-state index contributed by atoms with van der Waals surface area (Å²) in [4.78, 5) is 12.0. The maximum Gasteiger partial charge on any atom is 0.203 e. The van der Waals surface area contributed by atoms with Gasteiger partial charge in [-0.25, -0.2) is 0 Å². The molecule has 0 amide bonds. The first kappa shape index (κ1) is 13.8. The molecule has 0 bridgehead atoms. The summed E-state index contributed by atoms with van der Waals surface area (Å²) in [5.41, 5.74) is 0.750. The Hall–Kier alpha value is -2.67. The number of rotatable bonds is 5. The molecule has 0 heterocycles. The zero-order chi connectivity index (χ0) is 14.5. The van der Waals surface area contributed by atoms with Gasteiger partial charge in [-0.05, 0) is 30.2 Å². The molecule has 4 heteroatoms. The van der Waals surface area contributed by atoms with E-state index in [4.69, 9.17) is 4.74 Å². The first-order valence-corrected chi connectivity index (χ1v) is 6.20. The minimum atomic E-state index is -0.356. The second kappa shape index (κ2) is 5.98. The van der Waals surface area contributed by atoms with Crippen molar-refractivity contribution in [1.29, 1.82) is 0 Å². The van der Waals surface area contributed by atoms with Crippen molar-refractivity contribution in [2.24, 2.45) is 0 Å². The van der Waals surface area contributed by atoms with Gasteiger partial charge in [0, 0.05) is 12.1 Å². The number of phenols is 2. The molecule has 0 aromatic heterocycles. The standard InChI is InChI=1S/C16H14O4/c1-2-11-8-13(15(18)9-14(11)17)16(19)10-20-12-6-4-3-5-7-12/h4,6-9,17-18H,2,10H2,1H3. The average Bonchev–Trinajstić information content (AvgIpc) is 2.46. The fourth-order valence-electron chi connectivity index (χ4n) is 1.78. The number of ether oxygens (including phenoxy) is 1. The summed E-state index contributed by atoms with van der Waals surface area (Å²) in [5, 5.41) is 19.3. The first-order chi connectivity index (χ1) is 9.61. The molecule has 0 aliphatic rings. The Bertz CT molecular complexity index is 605. The number of aryl methyl sites for hydroxylation is 1. The monoisotopic (exact) mass is 270 g/mol. The van der Waals surface area contributed by atoms with E-state index in [0.717, 1.165) is 0 Å². The lowest BCUT2D eigenvalue weighted by molar-refractivity contribution is 0.0918. The first-order valence-electron chi connectivity index (χ1n) is 6.20. The summed E-state index contributed by atoms with van der Waals surface area (Å²) in [7, 11) is 0. The van der Waals surface area contributed by atoms with E-state index in [9.17, 15) is 15.0 Å². The minimum Gasteiger partial charge on any atom is -0.508 e. The topological polar surface area (TPSA) is 66.8 Å². The third kappa shape index (κ3) is 3.01. The average molecular weight is 270 g/mol. The number of carbonyl (C=O) groups excluding carboxylic acids is 1. The van der Waals surface area contributed by atoms with Crippen LogP contribution in [0.1, 0.15) is 22.8 Å². The molecule has 2 rings (SSSR count). The van der Waals surface area contributed by atoms with E-state index in [-0.39, 0.29) is 29.5 Å². The van der Waals surface area contributed by atoms with Gasteiger partial charge in [0.05, 0.1) is 5.56 Å². The normalized spacial score (nSPS) is 9.85. The molecule has 0 unspecified atom stereocenters. The molecule has 0 fully saturated rings. The Balaban J connectivity index is 2.13. The Morgan fingerprint density at radius 3 is 2.70 bits per heavy atom. The van der Waals surface area contributed by atoms with Crippen LogP contribution in [0.2, 0.25) is 0 Å². The van der Waals surface area contributed by atoms with E-state index >= 15 is 0 Å². The lowest BCUT2D eigenvalue weighted by atomic mass is 10.0. The van der Waals surface area contributed by atoms with Crippen molar-refractivity contribution in [2.75, 3.05) is 6.61 Å². The lowest BCUT2D eigenvalue weighted by Gasteiger charge is -2.09. The highest BCUT2D eigenvalue weighted by molar-refractivity contribution is 6.00. The zero-order valence-corrected chi connectivity index (χ0v) is 11.0. The molecule has 2 aromatic rings. The van der Waals surface area contributed by atoms with Crippen LogP contribution in [-0.2, 0) is 6.42 Å². The van der Waals surface area contributed by atoms with Crippen molar-refractivity contribution < 1.29 is 19.7 Å². The molecule has 0 atom stereocenters. The van der Waals surface area contributed by atoms with Crippen molar-refractivity contribution in [3.63, 3.8) is 0 Å². The predicted molar refractivity (Wildman–Crippen MR) is 73.1 cm³/mol. The van der Waals surface area contributed by atoms with Crippen LogP contribution in [0.15, 0.2) is 30.3 Å². The third-order valence-corrected chi connectivity index (χ3v) is 2.88. The number of benzene rings is 1. The number of ketones is 1. The minimum absolute atomic E-state index is 0.0179. The molecule has 2 N–H and O–H groups in total. The van der Waals surface area contributed by atoms with Crippen molar-refractivity contribution >= 4 is 5.78 Å². The molecule has 20 heavy (non-hydrogen) atoms. The van der Waals surface area contributed by atoms with Crippen LogP contribution in [0.3, 0.4) is 0 Å². The third-order valence-electron chi connectivity index (χ3n) is 2.88. The summed E-state index contributed by atoms with van der Waals surface area (Å²) < 4.78 is 5.31. The highest BCUT2D eigenvalue weighted by Crippen LogP contribution is 2.28. The van der Waals surface area contributed by atoms with Crippen LogP contribution in [0.5, 0.6) is 17.2 Å². The van der Waals surface area contributed by atoms with Gasteiger partial charge in [0.25, 0.3) is 0 Å². The maximum absolute atomic E-state index is 12.0. The number of Topliss-reactive ketones (excluding diaryl/α,β-unsaturated/α-hetero) is 1. The van der Waals surface area contributed by atoms with Crippen molar-refractivity contribution in [3.8, 4) is 17.2 Å². The number of hydrogen-bond acceptors (Lipinski definition) is 4. The maximum atomic E-state index is 12.0. The fourth-order valence-corrected chi connectivity index (χ4v) is 1.78. The molecule has 102 valence electrons. The van der Waals surface area contributed by atoms with Gasteiger partial charge in [0.15, 0.2) is 6.61 Å². The summed E-state index contributed by atoms with van der Waals surface area (Å²) >= 11 is 0. The molecule has 0 spiro atoms. The van der Waals surface area contributed by atoms with Gasteiger partial charge >= 0.3 is 0 Å². The predicted octanol–water partition coefficient (Wildman–Crippen LogP) is 2.52. The van der Waals surface area contributed by atoms with E-state index in [1.54, 1.807) is 18.2 Å². The number of aromatic hydroxyl groups is 2. The summed E-state index contributed by atoms with van der Waals surface area (Å²) in [5.74, 6) is -0.118. The second-order valence-corrected chi connectivity index (χ2v) is 4.23. The quantitative estimate of drug-likeness (QED) is 0.819. The Morgan fingerprint density at radius 2 is 2.05 bits per heavy atom. The fraction of sp³-hybridized carbons (Fsp3) is 0.188. The van der Waals surface area contributed by atoms with E-state index in [1.807, 2.05) is 6.92 Å². The molecular weight excluding hydrogens is 256 g/mol. The van der Waals surface area contributed by atoms with Crippen molar-refractivity contribution in [2.45, 2.75) is 13.3 Å². The molecule has 0 aliphatic carbocycles. The highest BCUT2D eigenvalue weighted by atomic mass is 16.5. The highest BCUT2D eigenvalue weighted by Gasteiger charge is 2.15. The number of hydrogen-bond donors (Lipinski definition) is 2. The largest absolute Gasteiger partial charge is 0.508 e. The number of phenolic OH excluding ortho intramolecular Hbond substituents is 2. The molecule has 0 saturated carbocycles. The van der Waals surface area contributed by atoms with Crippen LogP contribution >= 0.6 is 0 Å². The second-order valence-electron chi connectivity index (χ2n) is 4.23. The molecule has 4 nitrogen and oxygen atoms in total. The van der Waals surface area contributed by atoms with E-state index in [2.05, 4.69) is 12.1 Å². The molecular formula is C16H14O4. The van der Waals surface area contributed by atoms with E-state index in [0.29, 0.717) is 17.7 Å². The van der Waals surface area contributed by atoms with Crippen LogP contribution in [-0.4, -0.2) is 22.6 Å². The van der Waals surface area contributed by atoms with E-state index < -0.39 is 0 Å². The van der Waals surface area contributed by atoms with Gasteiger partial charge in [0.2, 0.25) is 5.78 Å². The van der Waals surface area contributed by atoms with Crippen LogP contribution in [0.4, 0.5) is 0 Å². The van der Waals surface area contributed by atoms with E-state index in [1.165, 1.54) is 12.1 Å².